The fraction of sp³-hybridized carbons (Fsp3) is 0.393. The van der Waals surface area contributed by atoms with E-state index in [1.807, 2.05) is 0 Å². The number of primary amides is 1. The maximum Gasteiger partial charge on any atom is 0.255 e. The lowest BCUT2D eigenvalue weighted by molar-refractivity contribution is -0.130. The van der Waals surface area contributed by atoms with Gasteiger partial charge >= 0.3 is 0 Å². The molecular formula is C28H34FN5O6. The number of benzene rings is 2. The Kier molecular flexibility index (Phi) is 11.4. The number of hydrogen-bond donors (Lipinski definition) is 5. The van der Waals surface area contributed by atoms with Gasteiger partial charge in [0.05, 0.1) is 12.2 Å². The van der Waals surface area contributed by atoms with E-state index in [1.165, 1.54) is 12.1 Å². The number of hydrogen-bond acceptors (Lipinski definition) is 6. The van der Waals surface area contributed by atoms with Gasteiger partial charge in [0, 0.05) is 25.9 Å². The summed E-state index contributed by atoms with van der Waals surface area (Å²) in [6.07, 6.45) is 0.508. The first-order chi connectivity index (χ1) is 19.2. The van der Waals surface area contributed by atoms with Crippen molar-refractivity contribution in [3.05, 3.63) is 65.5 Å². The zero-order chi connectivity index (χ0) is 28.9. The normalized spacial score (nSPS) is 18.8. The highest BCUT2D eigenvalue weighted by Gasteiger charge is 2.26. The molecule has 40 heavy (non-hydrogen) atoms. The highest BCUT2D eigenvalue weighted by atomic mass is 19.1. The second-order valence-corrected chi connectivity index (χ2v) is 9.35. The second-order valence-electron chi connectivity index (χ2n) is 9.35. The fourth-order valence-electron chi connectivity index (χ4n) is 4.08. The molecule has 1 aliphatic heterocycles. The molecule has 0 saturated carbocycles. The Hall–Kier alpha value is -4.48. The number of halogens is 1. The molecule has 2 aromatic carbocycles. The standard InChI is InChI=1S/C28H34FN5O6/c29-19-8-6-18(7-9-19)14-16-32-28(39)22-11-13-25(36)33-21(10-12-24(30)35)27(38)31-15-3-17-40-23-5-2-1-4-20(23)26(37)34-22/h1-2,4-9,21-22H,3,10-17H2,(H2,30,35)(H,31,38)(H,32,39)(H,33,36)(H,34,37)/t21-,22-/m0/s1. The number of para-hydroxylation sites is 1. The van der Waals surface area contributed by atoms with Gasteiger partial charge in [-0.1, -0.05) is 24.3 Å². The molecule has 214 valence electrons. The van der Waals surface area contributed by atoms with Crippen LogP contribution < -0.4 is 31.7 Å². The topological polar surface area (TPSA) is 169 Å². The van der Waals surface area contributed by atoms with Crippen LogP contribution in [0.25, 0.3) is 0 Å². The van der Waals surface area contributed by atoms with E-state index in [1.54, 1.807) is 36.4 Å². The van der Waals surface area contributed by atoms with Crippen molar-refractivity contribution in [3.8, 4) is 5.75 Å². The average Bonchev–Trinajstić information content (AvgIpc) is 2.93. The summed E-state index contributed by atoms with van der Waals surface area (Å²) in [5.74, 6) is -2.71. The number of rotatable bonds is 7. The summed E-state index contributed by atoms with van der Waals surface area (Å²) >= 11 is 0. The van der Waals surface area contributed by atoms with Crippen LogP contribution in [0, 0.1) is 5.82 Å². The van der Waals surface area contributed by atoms with E-state index < -0.39 is 41.6 Å². The molecule has 0 unspecified atom stereocenters. The van der Waals surface area contributed by atoms with Gasteiger partial charge in [-0.15, -0.1) is 0 Å². The maximum atomic E-state index is 13.2. The molecule has 3 rings (SSSR count). The van der Waals surface area contributed by atoms with Crippen LogP contribution >= 0.6 is 0 Å². The largest absolute Gasteiger partial charge is 0.493 e. The van der Waals surface area contributed by atoms with Crippen LogP contribution in [0.1, 0.15) is 48.0 Å². The molecule has 0 spiro atoms. The fourth-order valence-corrected chi connectivity index (χ4v) is 4.08. The second kappa shape index (κ2) is 15.2. The van der Waals surface area contributed by atoms with E-state index >= 15 is 0 Å². The minimum Gasteiger partial charge on any atom is -0.493 e. The van der Waals surface area contributed by atoms with E-state index in [4.69, 9.17) is 10.5 Å². The van der Waals surface area contributed by atoms with Crippen molar-refractivity contribution < 1.29 is 33.1 Å². The molecule has 0 aliphatic carbocycles. The molecule has 0 fully saturated rings. The Bertz CT molecular complexity index is 1210. The smallest absolute Gasteiger partial charge is 0.255 e. The molecule has 0 radical (unpaired) electrons. The monoisotopic (exact) mass is 555 g/mol. The third kappa shape index (κ3) is 9.68. The van der Waals surface area contributed by atoms with E-state index in [0.29, 0.717) is 18.6 Å². The van der Waals surface area contributed by atoms with Crippen molar-refractivity contribution in [2.24, 2.45) is 5.73 Å². The number of nitrogens with one attached hydrogen (secondary N) is 4. The third-order valence-electron chi connectivity index (χ3n) is 6.25. The Morgan fingerprint density at radius 2 is 1.80 bits per heavy atom. The van der Waals surface area contributed by atoms with Crippen molar-refractivity contribution in [2.75, 3.05) is 19.7 Å². The molecule has 0 saturated heterocycles. The van der Waals surface area contributed by atoms with Crippen molar-refractivity contribution in [2.45, 2.75) is 50.6 Å². The number of ether oxygens (including phenoxy) is 1. The maximum absolute atomic E-state index is 13.2. The molecular weight excluding hydrogens is 521 g/mol. The molecule has 1 aliphatic rings. The first kappa shape index (κ1) is 30.1. The van der Waals surface area contributed by atoms with Gasteiger partial charge in [-0.25, -0.2) is 4.39 Å². The summed E-state index contributed by atoms with van der Waals surface area (Å²) in [6, 6.07) is 10.4. The van der Waals surface area contributed by atoms with Gasteiger partial charge in [0.2, 0.25) is 23.6 Å². The minimum atomic E-state index is -1.08. The van der Waals surface area contributed by atoms with Gasteiger partial charge in [-0.2, -0.15) is 0 Å². The SMILES string of the molecule is NC(=O)CC[C@@H]1NC(=O)CC[C@@H](C(=O)NCCc2ccc(F)cc2)NC(=O)c2ccccc2OCCCNC1=O. The number of carbonyl (C=O) groups excluding carboxylic acids is 5. The predicted molar refractivity (Wildman–Crippen MR) is 144 cm³/mol. The lowest BCUT2D eigenvalue weighted by Crippen LogP contribution is -2.49. The zero-order valence-electron chi connectivity index (χ0n) is 22.0. The van der Waals surface area contributed by atoms with Crippen molar-refractivity contribution >= 4 is 29.5 Å². The van der Waals surface area contributed by atoms with Crippen LogP contribution in [0.5, 0.6) is 5.75 Å². The Balaban J connectivity index is 1.75. The number of amides is 5. The van der Waals surface area contributed by atoms with Crippen molar-refractivity contribution in [3.63, 3.8) is 0 Å². The molecule has 2 aromatic rings. The van der Waals surface area contributed by atoms with Crippen LogP contribution in [0.15, 0.2) is 48.5 Å². The van der Waals surface area contributed by atoms with Crippen LogP contribution in [0.4, 0.5) is 4.39 Å². The molecule has 0 bridgehead atoms. The van der Waals surface area contributed by atoms with Gasteiger partial charge in [0.15, 0.2) is 0 Å². The summed E-state index contributed by atoms with van der Waals surface area (Å²) in [5.41, 5.74) is 6.25. The van der Waals surface area contributed by atoms with E-state index in [-0.39, 0.29) is 56.8 Å². The Morgan fingerprint density at radius 1 is 1.05 bits per heavy atom. The summed E-state index contributed by atoms with van der Waals surface area (Å²) in [7, 11) is 0. The third-order valence-corrected chi connectivity index (χ3v) is 6.25. The van der Waals surface area contributed by atoms with Crippen molar-refractivity contribution in [1.82, 2.24) is 21.3 Å². The molecule has 6 N–H and O–H groups in total. The molecule has 1 heterocycles. The summed E-state index contributed by atoms with van der Waals surface area (Å²) in [6.45, 7) is 0.657. The van der Waals surface area contributed by atoms with Gasteiger partial charge < -0.3 is 31.7 Å². The summed E-state index contributed by atoms with van der Waals surface area (Å²) in [5, 5.41) is 10.7. The van der Waals surface area contributed by atoms with E-state index in [9.17, 15) is 28.4 Å². The molecule has 0 aromatic heterocycles. The lowest BCUT2D eigenvalue weighted by atomic mass is 10.1. The van der Waals surface area contributed by atoms with E-state index in [2.05, 4.69) is 21.3 Å². The van der Waals surface area contributed by atoms with Gasteiger partial charge in [-0.05, 0) is 55.5 Å². The first-order valence-electron chi connectivity index (χ1n) is 13.1. The van der Waals surface area contributed by atoms with Crippen LogP contribution in [-0.4, -0.2) is 61.3 Å². The highest BCUT2D eigenvalue weighted by molar-refractivity contribution is 5.99. The van der Waals surface area contributed by atoms with Gasteiger partial charge in [0.25, 0.3) is 5.91 Å². The lowest BCUT2D eigenvalue weighted by Gasteiger charge is -2.22. The van der Waals surface area contributed by atoms with Gasteiger partial charge in [0.1, 0.15) is 23.7 Å². The Morgan fingerprint density at radius 3 is 2.55 bits per heavy atom. The van der Waals surface area contributed by atoms with Crippen LogP contribution in [0.2, 0.25) is 0 Å². The molecule has 5 amide bonds. The van der Waals surface area contributed by atoms with Crippen LogP contribution in [-0.2, 0) is 25.6 Å². The van der Waals surface area contributed by atoms with E-state index in [0.717, 1.165) is 5.56 Å². The highest BCUT2D eigenvalue weighted by Crippen LogP contribution is 2.19. The average molecular weight is 556 g/mol. The Labute approximate surface area is 231 Å². The molecule has 12 heteroatoms. The van der Waals surface area contributed by atoms with Crippen LogP contribution in [0.3, 0.4) is 0 Å². The number of nitrogens with two attached hydrogens (primary N) is 1. The quantitative estimate of drug-likeness (QED) is 0.337. The molecule has 2 atom stereocenters. The predicted octanol–water partition coefficient (Wildman–Crippen LogP) is 0.712. The van der Waals surface area contributed by atoms with Crippen molar-refractivity contribution in [1.29, 1.82) is 0 Å². The minimum absolute atomic E-state index is 0.0147. The first-order valence-corrected chi connectivity index (χ1v) is 13.1. The molecule has 11 nitrogen and oxygen atoms in total. The number of fused-ring (bicyclic) bond motifs is 1. The number of carbonyl (C=O) groups is 5. The zero-order valence-corrected chi connectivity index (χ0v) is 22.0. The van der Waals surface area contributed by atoms with Gasteiger partial charge in [-0.3, -0.25) is 24.0 Å². The summed E-state index contributed by atoms with van der Waals surface area (Å²) < 4.78 is 18.9. The summed E-state index contributed by atoms with van der Waals surface area (Å²) in [4.78, 5) is 62.9.